The van der Waals surface area contributed by atoms with Crippen molar-refractivity contribution in [2.24, 2.45) is 0 Å². The van der Waals surface area contributed by atoms with Gasteiger partial charge >= 0.3 is 0 Å². The molecule has 0 aliphatic rings. The fraction of sp³-hybridized carbons (Fsp3) is 0.375. The Bertz CT molecular complexity index is 1540. The molecule has 2 atom stereocenters. The van der Waals surface area contributed by atoms with E-state index in [0.717, 1.165) is 37.3 Å². The van der Waals surface area contributed by atoms with Crippen LogP contribution in [0.1, 0.15) is 56.4 Å². The molecule has 8 nitrogen and oxygen atoms in total. The number of benzene rings is 4. The third-order valence-corrected chi connectivity index (χ3v) is 10.9. The van der Waals surface area contributed by atoms with Gasteiger partial charge in [0.2, 0.25) is 0 Å². The maximum atomic E-state index is 9.29. The minimum Gasteiger partial charge on any atom is -0.497 e. The quantitative estimate of drug-likeness (QED) is 0.0378. The smallest absolute Gasteiger partial charge is 0.259 e. The van der Waals surface area contributed by atoms with Gasteiger partial charge in [0, 0.05) is 15.7 Å². The number of nitrogens with zero attached hydrogens (tertiary/aromatic N) is 2. The third kappa shape index (κ3) is 10.7. The lowest BCUT2D eigenvalue weighted by molar-refractivity contribution is -0.0611. The molecule has 0 heterocycles. The van der Waals surface area contributed by atoms with E-state index >= 15 is 0 Å². The second-order valence-electron chi connectivity index (χ2n) is 12.2. The zero-order valence-electron chi connectivity index (χ0n) is 29.8. The van der Waals surface area contributed by atoms with Gasteiger partial charge < -0.3 is 28.0 Å². The van der Waals surface area contributed by atoms with Crippen LogP contribution in [0.15, 0.2) is 103 Å². The number of nitriles is 1. The van der Waals surface area contributed by atoms with Gasteiger partial charge in [-0.15, -0.1) is 0 Å². The second kappa shape index (κ2) is 20.1. The van der Waals surface area contributed by atoms with E-state index < -0.39 is 20.2 Å². The van der Waals surface area contributed by atoms with Crippen molar-refractivity contribution < 1.29 is 28.0 Å². The molecule has 266 valence electrons. The van der Waals surface area contributed by atoms with E-state index in [2.05, 4.69) is 97.4 Å². The lowest BCUT2D eigenvalue weighted by Gasteiger charge is -2.39. The van der Waals surface area contributed by atoms with Gasteiger partial charge in [-0.3, -0.25) is 0 Å². The highest BCUT2D eigenvalue weighted by molar-refractivity contribution is 14.1. The van der Waals surface area contributed by atoms with Crippen molar-refractivity contribution in [3.8, 4) is 17.6 Å². The van der Waals surface area contributed by atoms with Crippen molar-refractivity contribution in [2.75, 3.05) is 34.0 Å². The van der Waals surface area contributed by atoms with Crippen molar-refractivity contribution in [1.82, 2.24) is 4.67 Å². The molecule has 4 aromatic rings. The maximum Gasteiger partial charge on any atom is 0.259 e. The number of methoxy groups -OCH3 is 2. The highest BCUT2D eigenvalue weighted by atomic mass is 127. The molecular formula is C40H48IN2O6P. The van der Waals surface area contributed by atoms with E-state index in [1.807, 2.05) is 66.7 Å². The lowest BCUT2D eigenvalue weighted by Crippen LogP contribution is -2.39. The van der Waals surface area contributed by atoms with E-state index in [4.69, 9.17) is 28.0 Å². The molecule has 0 bridgehead atoms. The molecule has 4 rings (SSSR count). The molecule has 10 heteroatoms. The number of rotatable bonds is 20. The Hall–Kier alpha value is -3.07. The molecule has 0 aliphatic carbocycles. The topological polar surface area (TPSA) is 82.4 Å². The molecule has 0 spiro atoms. The standard InChI is InChI=1S/C40H48IN2O6P/c1-30(2)43(31(3)4)50(48-26-10-25-42)49-39(28-46-27-32-13-19-36(41)20-14-32)29-47-40(33-11-8-7-9-12-33,34-15-21-37(44-5)22-16-34)35-17-23-38(45-6)24-18-35/h7-9,11-24,30-31,39H,10,26-29H2,1-6H3/t39?,50-/m0/s1. The molecule has 0 amide bonds. The van der Waals surface area contributed by atoms with Crippen LogP contribution >= 0.6 is 31.1 Å². The van der Waals surface area contributed by atoms with Gasteiger partial charge in [-0.05, 0) is 109 Å². The largest absolute Gasteiger partial charge is 0.497 e. The third-order valence-electron chi connectivity index (χ3n) is 8.05. The summed E-state index contributed by atoms with van der Waals surface area (Å²) >= 11 is 2.30. The summed E-state index contributed by atoms with van der Waals surface area (Å²) in [6.45, 7) is 9.61. The molecule has 0 saturated heterocycles. The Labute approximate surface area is 312 Å². The average Bonchev–Trinajstić information content (AvgIpc) is 3.13. The first-order chi connectivity index (χ1) is 24.2. The van der Waals surface area contributed by atoms with Gasteiger partial charge in [0.05, 0.1) is 53.1 Å². The number of hydrogen-bond donors (Lipinski definition) is 0. The minimum atomic E-state index is -1.56. The molecule has 0 saturated carbocycles. The van der Waals surface area contributed by atoms with E-state index in [1.165, 1.54) is 0 Å². The van der Waals surface area contributed by atoms with Gasteiger partial charge in [-0.25, -0.2) is 4.67 Å². The summed E-state index contributed by atoms with van der Waals surface area (Å²) in [6.07, 6.45) is -0.255. The van der Waals surface area contributed by atoms with Crippen LogP contribution in [-0.2, 0) is 30.7 Å². The molecule has 0 aliphatic heterocycles. The summed E-state index contributed by atoms with van der Waals surface area (Å²) in [5.41, 5.74) is 2.84. The van der Waals surface area contributed by atoms with Crippen LogP contribution in [0.25, 0.3) is 0 Å². The van der Waals surface area contributed by atoms with Crippen LogP contribution in [0.4, 0.5) is 0 Å². The maximum absolute atomic E-state index is 9.29. The number of ether oxygens (including phenoxy) is 4. The predicted molar refractivity (Wildman–Crippen MR) is 207 cm³/mol. The molecule has 1 unspecified atom stereocenters. The Morgan fingerprint density at radius 1 is 0.740 bits per heavy atom. The summed E-state index contributed by atoms with van der Waals surface area (Å²) in [7, 11) is 1.75. The van der Waals surface area contributed by atoms with Gasteiger partial charge in [0.15, 0.2) is 0 Å². The fourth-order valence-corrected chi connectivity index (χ4v) is 7.75. The van der Waals surface area contributed by atoms with Crippen LogP contribution in [-0.4, -0.2) is 56.9 Å². The van der Waals surface area contributed by atoms with Gasteiger partial charge in [-0.2, -0.15) is 5.26 Å². The van der Waals surface area contributed by atoms with Crippen LogP contribution < -0.4 is 9.47 Å². The van der Waals surface area contributed by atoms with Crippen LogP contribution in [0, 0.1) is 14.9 Å². The monoisotopic (exact) mass is 810 g/mol. The van der Waals surface area contributed by atoms with Crippen molar-refractivity contribution in [1.29, 1.82) is 5.26 Å². The van der Waals surface area contributed by atoms with Crippen molar-refractivity contribution >= 4 is 31.1 Å². The van der Waals surface area contributed by atoms with Crippen LogP contribution in [0.5, 0.6) is 11.5 Å². The van der Waals surface area contributed by atoms with Gasteiger partial charge in [0.1, 0.15) is 23.2 Å². The molecule has 0 aromatic heterocycles. The van der Waals surface area contributed by atoms with Crippen LogP contribution in [0.3, 0.4) is 0 Å². The Kier molecular flexibility index (Phi) is 16.0. The first-order valence-electron chi connectivity index (χ1n) is 16.8. The SMILES string of the molecule is COc1ccc(C(OCC(COCc2ccc(I)cc2)O[P@](OCCC#N)N(C(C)C)C(C)C)(c2ccccc2)c2ccc(OC)cc2)cc1. The van der Waals surface area contributed by atoms with Gasteiger partial charge in [-0.1, -0.05) is 66.7 Å². The summed E-state index contributed by atoms with van der Waals surface area (Å²) in [4.78, 5) is 0. The van der Waals surface area contributed by atoms with E-state index in [1.54, 1.807) is 14.2 Å². The van der Waals surface area contributed by atoms with E-state index in [0.29, 0.717) is 6.61 Å². The summed E-state index contributed by atoms with van der Waals surface area (Å²) in [5, 5.41) is 9.29. The molecule has 50 heavy (non-hydrogen) atoms. The van der Waals surface area contributed by atoms with Crippen molar-refractivity contribution in [3.63, 3.8) is 0 Å². The summed E-state index contributed by atoms with van der Waals surface area (Å²) in [6, 6.07) is 36.9. The lowest BCUT2D eigenvalue weighted by atomic mass is 9.80. The first-order valence-corrected chi connectivity index (χ1v) is 19.0. The fourth-order valence-electron chi connectivity index (χ4n) is 5.71. The highest BCUT2D eigenvalue weighted by Gasteiger charge is 2.39. The second-order valence-corrected chi connectivity index (χ2v) is 14.9. The number of hydrogen-bond acceptors (Lipinski definition) is 8. The Morgan fingerprint density at radius 3 is 1.78 bits per heavy atom. The van der Waals surface area contributed by atoms with Crippen molar-refractivity contribution in [2.45, 2.75) is 64.5 Å². The van der Waals surface area contributed by atoms with Gasteiger partial charge in [0.25, 0.3) is 8.53 Å². The average molecular weight is 811 g/mol. The van der Waals surface area contributed by atoms with Crippen LogP contribution in [0.2, 0.25) is 0 Å². The molecule has 4 aromatic carbocycles. The molecule has 0 N–H and O–H groups in total. The first kappa shape index (κ1) is 39.7. The van der Waals surface area contributed by atoms with E-state index in [9.17, 15) is 5.26 Å². The minimum absolute atomic E-state index is 0.138. The van der Waals surface area contributed by atoms with Crippen molar-refractivity contribution in [3.05, 3.63) is 129 Å². The zero-order valence-corrected chi connectivity index (χ0v) is 32.8. The Balaban J connectivity index is 1.77. The summed E-state index contributed by atoms with van der Waals surface area (Å²) < 4.78 is 41.2. The zero-order chi connectivity index (χ0) is 35.9. The summed E-state index contributed by atoms with van der Waals surface area (Å²) in [5.74, 6) is 1.50. The number of halogens is 1. The van der Waals surface area contributed by atoms with E-state index in [-0.39, 0.29) is 38.3 Å². The normalized spacial score (nSPS) is 13.0. The molecule has 0 fully saturated rings. The predicted octanol–water partition coefficient (Wildman–Crippen LogP) is 9.49. The highest BCUT2D eigenvalue weighted by Crippen LogP contribution is 2.48. The molecule has 0 radical (unpaired) electrons. The molecular weight excluding hydrogens is 762 g/mol. The Morgan fingerprint density at radius 2 is 1.28 bits per heavy atom.